The van der Waals surface area contributed by atoms with Crippen molar-refractivity contribution in [3.63, 3.8) is 0 Å². The van der Waals surface area contributed by atoms with Gasteiger partial charge < -0.3 is 5.32 Å². The molecule has 2 aromatic rings. The first-order valence-electron chi connectivity index (χ1n) is 5.17. The third-order valence-corrected chi connectivity index (χ3v) is 2.38. The number of hydrogen-bond donors (Lipinski definition) is 0. The van der Waals surface area contributed by atoms with Crippen molar-refractivity contribution in [2.45, 2.75) is 13.0 Å². The molecule has 0 N–H and O–H groups in total. The summed E-state index contributed by atoms with van der Waals surface area (Å²) in [4.78, 5) is 0. The summed E-state index contributed by atoms with van der Waals surface area (Å²) in [7, 11) is 0. The fourth-order valence-corrected chi connectivity index (χ4v) is 1.54. The molecule has 1 atom stereocenters. The monoisotopic (exact) mass is 203 g/mol. The Morgan fingerprint density at radius 2 is 1.31 bits per heavy atom. The summed E-state index contributed by atoms with van der Waals surface area (Å²) in [6.07, 6.45) is 0. The molecule has 0 bridgehead atoms. The van der Waals surface area contributed by atoms with Crippen molar-refractivity contribution in [1.29, 1.82) is 0 Å². The van der Waals surface area contributed by atoms with Gasteiger partial charge in [-0.15, -0.1) is 5.69 Å². The Balaban J connectivity index is 0.00000128. The Morgan fingerprint density at radius 3 is 1.88 bits per heavy atom. The van der Waals surface area contributed by atoms with E-state index in [1.807, 2.05) is 48.5 Å². The molecule has 0 fully saturated rings. The van der Waals surface area contributed by atoms with Crippen LogP contribution in [0.2, 0.25) is 0 Å². The fourth-order valence-electron chi connectivity index (χ4n) is 1.54. The molecule has 0 amide bonds. The molecule has 0 saturated carbocycles. The molecule has 2 rings (SSSR count). The molecule has 76 valence electrons. The van der Waals surface area contributed by atoms with Gasteiger partial charge in [0.25, 0.3) is 0 Å². The summed E-state index contributed by atoms with van der Waals surface area (Å²) in [5.74, 6) is 0. The molecule has 0 unspecified atom stereocenters. The zero-order chi connectivity index (χ0) is 10.5. The quantitative estimate of drug-likeness (QED) is 0.670. The summed E-state index contributed by atoms with van der Waals surface area (Å²) in [6, 6.07) is 20.6. The standard InChI is InChI=1S/C14H14N.Li/c1-12(13-8-4-2-5-9-13)15-14-10-6-3-7-11-14;/h2-12H,1H3;/q-1;+1/t12-;/m1./s1. The van der Waals surface area contributed by atoms with Crippen LogP contribution in [-0.2, 0) is 0 Å². The van der Waals surface area contributed by atoms with Gasteiger partial charge in [-0.05, 0) is 0 Å². The maximum Gasteiger partial charge on any atom is 1.00 e. The molecule has 0 spiro atoms. The van der Waals surface area contributed by atoms with Crippen molar-refractivity contribution in [2.75, 3.05) is 0 Å². The average molecular weight is 203 g/mol. The number of nitrogens with zero attached hydrogens (tertiary/aromatic N) is 1. The smallest absolute Gasteiger partial charge is 0.678 e. The molecule has 0 heterocycles. The largest absolute Gasteiger partial charge is 1.00 e. The van der Waals surface area contributed by atoms with Gasteiger partial charge in [-0.1, -0.05) is 79.2 Å². The van der Waals surface area contributed by atoms with Crippen LogP contribution in [0, 0.1) is 0 Å². The van der Waals surface area contributed by atoms with Crippen LogP contribution in [0.4, 0.5) is 5.69 Å². The number of benzene rings is 2. The van der Waals surface area contributed by atoms with E-state index in [1.165, 1.54) is 5.56 Å². The summed E-state index contributed by atoms with van der Waals surface area (Å²) in [5.41, 5.74) is 2.29. The van der Waals surface area contributed by atoms with Crippen molar-refractivity contribution < 1.29 is 18.9 Å². The molecule has 0 aliphatic rings. The molecule has 1 nitrogen and oxygen atoms in total. The van der Waals surface area contributed by atoms with E-state index in [-0.39, 0.29) is 24.9 Å². The van der Waals surface area contributed by atoms with E-state index in [1.54, 1.807) is 0 Å². The van der Waals surface area contributed by atoms with Crippen LogP contribution in [-0.4, -0.2) is 0 Å². The minimum Gasteiger partial charge on any atom is -0.678 e. The maximum atomic E-state index is 4.63. The molecular formula is C14H14LiN. The van der Waals surface area contributed by atoms with E-state index in [0.29, 0.717) is 0 Å². The van der Waals surface area contributed by atoms with Crippen LogP contribution in [0.3, 0.4) is 0 Å². The van der Waals surface area contributed by atoms with Gasteiger partial charge in [-0.3, -0.25) is 0 Å². The van der Waals surface area contributed by atoms with Gasteiger partial charge in [-0.25, -0.2) is 0 Å². The van der Waals surface area contributed by atoms with Crippen LogP contribution in [0.5, 0.6) is 0 Å². The number of rotatable bonds is 3. The molecule has 16 heavy (non-hydrogen) atoms. The Hall–Kier alpha value is -1.16. The molecule has 0 aliphatic carbocycles. The van der Waals surface area contributed by atoms with Gasteiger partial charge in [0.15, 0.2) is 0 Å². The molecule has 2 heteroatoms. The second-order valence-electron chi connectivity index (χ2n) is 3.55. The van der Waals surface area contributed by atoms with Crippen molar-refractivity contribution >= 4 is 5.69 Å². The third kappa shape index (κ3) is 3.45. The van der Waals surface area contributed by atoms with E-state index in [9.17, 15) is 0 Å². The molecular weight excluding hydrogens is 189 g/mol. The Bertz CT molecular complexity index is 400. The van der Waals surface area contributed by atoms with Crippen molar-refractivity contribution in [2.24, 2.45) is 0 Å². The summed E-state index contributed by atoms with van der Waals surface area (Å²) < 4.78 is 0. The van der Waals surface area contributed by atoms with Gasteiger partial charge in [-0.2, -0.15) is 0 Å². The van der Waals surface area contributed by atoms with E-state index < -0.39 is 0 Å². The summed E-state index contributed by atoms with van der Waals surface area (Å²) >= 11 is 0. The van der Waals surface area contributed by atoms with Crippen LogP contribution in [0.1, 0.15) is 18.5 Å². The zero-order valence-electron chi connectivity index (χ0n) is 9.80. The molecule has 2 aromatic carbocycles. The van der Waals surface area contributed by atoms with E-state index in [4.69, 9.17) is 0 Å². The van der Waals surface area contributed by atoms with E-state index in [2.05, 4.69) is 24.4 Å². The SMILES string of the molecule is C[C@@H]([N-]c1ccccc1)c1ccccc1.[Li+]. The van der Waals surface area contributed by atoms with Crippen molar-refractivity contribution in [1.82, 2.24) is 0 Å². The molecule has 0 aliphatic heterocycles. The fraction of sp³-hybridized carbons (Fsp3) is 0.143. The second kappa shape index (κ2) is 6.43. The Morgan fingerprint density at radius 1 is 0.812 bits per heavy atom. The topological polar surface area (TPSA) is 14.1 Å². The van der Waals surface area contributed by atoms with E-state index >= 15 is 0 Å². The van der Waals surface area contributed by atoms with Crippen LogP contribution in [0.15, 0.2) is 60.7 Å². The first-order valence-corrected chi connectivity index (χ1v) is 5.17. The van der Waals surface area contributed by atoms with E-state index in [0.717, 1.165) is 5.69 Å². The Labute approximate surface area is 109 Å². The van der Waals surface area contributed by atoms with Gasteiger partial charge in [0.05, 0.1) is 0 Å². The normalized spacial score (nSPS) is 11.3. The first-order chi connectivity index (χ1) is 7.36. The molecule has 0 aromatic heterocycles. The summed E-state index contributed by atoms with van der Waals surface area (Å²) in [5, 5.41) is 4.63. The van der Waals surface area contributed by atoms with Crippen LogP contribution in [0.25, 0.3) is 5.32 Å². The van der Waals surface area contributed by atoms with Crippen LogP contribution < -0.4 is 18.9 Å². The maximum absolute atomic E-state index is 4.63. The minimum absolute atomic E-state index is 0. The van der Waals surface area contributed by atoms with Crippen LogP contribution >= 0.6 is 0 Å². The average Bonchev–Trinajstić information content (AvgIpc) is 2.31. The predicted octanol–water partition coefficient (Wildman–Crippen LogP) is 1.46. The second-order valence-corrected chi connectivity index (χ2v) is 3.55. The first kappa shape index (κ1) is 12.9. The molecule has 0 saturated heterocycles. The predicted molar refractivity (Wildman–Crippen MR) is 64.3 cm³/mol. The number of para-hydroxylation sites is 1. The third-order valence-electron chi connectivity index (χ3n) is 2.38. The van der Waals surface area contributed by atoms with Crippen molar-refractivity contribution in [3.05, 3.63) is 71.5 Å². The molecule has 0 radical (unpaired) electrons. The van der Waals surface area contributed by atoms with Gasteiger partial charge >= 0.3 is 18.9 Å². The van der Waals surface area contributed by atoms with Gasteiger partial charge in [0, 0.05) is 0 Å². The van der Waals surface area contributed by atoms with Crippen molar-refractivity contribution in [3.8, 4) is 0 Å². The number of hydrogen-bond acceptors (Lipinski definition) is 0. The summed E-state index contributed by atoms with van der Waals surface area (Å²) in [6.45, 7) is 2.11. The Kier molecular flexibility index (Phi) is 5.18. The zero-order valence-corrected chi connectivity index (χ0v) is 9.80. The van der Waals surface area contributed by atoms with Gasteiger partial charge in [0.2, 0.25) is 0 Å². The van der Waals surface area contributed by atoms with Gasteiger partial charge in [0.1, 0.15) is 0 Å². The minimum atomic E-state index is 0.